The highest BCUT2D eigenvalue weighted by Gasteiger charge is 2.42. The number of rotatable bonds is 5. The van der Waals surface area contributed by atoms with Crippen LogP contribution < -0.4 is 10.1 Å². The normalized spacial score (nSPS) is 23.0. The van der Waals surface area contributed by atoms with Crippen molar-refractivity contribution in [1.29, 1.82) is 0 Å². The first kappa shape index (κ1) is 20.1. The Labute approximate surface area is 165 Å². The van der Waals surface area contributed by atoms with E-state index in [9.17, 15) is 9.59 Å². The lowest BCUT2D eigenvalue weighted by atomic mass is 9.91. The van der Waals surface area contributed by atoms with Crippen molar-refractivity contribution in [2.45, 2.75) is 19.9 Å². The molecule has 3 rings (SSSR count). The third kappa shape index (κ3) is 4.27. The van der Waals surface area contributed by atoms with Crippen LogP contribution in [0.1, 0.15) is 25.5 Å². The average Bonchev–Trinajstić information content (AvgIpc) is 2.73. The molecule has 152 valence electrons. The number of methoxy groups -OCH3 is 1. The molecule has 2 heterocycles. The van der Waals surface area contributed by atoms with Gasteiger partial charge in [0, 0.05) is 26.2 Å². The van der Waals surface area contributed by atoms with Gasteiger partial charge in [0.2, 0.25) is 11.9 Å². The minimum absolute atomic E-state index is 0.216. The van der Waals surface area contributed by atoms with E-state index in [0.717, 1.165) is 38.3 Å². The van der Waals surface area contributed by atoms with E-state index in [2.05, 4.69) is 22.0 Å². The van der Waals surface area contributed by atoms with Gasteiger partial charge in [0.1, 0.15) is 11.8 Å². The Kier molecular flexibility index (Phi) is 6.51. The molecule has 2 atom stereocenters. The van der Waals surface area contributed by atoms with Crippen LogP contribution in [-0.4, -0.2) is 74.1 Å². The number of amides is 1. The van der Waals surface area contributed by atoms with E-state index in [1.165, 1.54) is 0 Å². The summed E-state index contributed by atoms with van der Waals surface area (Å²) in [5.74, 6) is -0.700. The van der Waals surface area contributed by atoms with E-state index < -0.39 is 17.9 Å². The van der Waals surface area contributed by atoms with Crippen molar-refractivity contribution in [3.63, 3.8) is 0 Å². The molecule has 0 aliphatic carbocycles. The maximum Gasteiger partial charge on any atom is 0.321 e. The van der Waals surface area contributed by atoms with Gasteiger partial charge in [0.15, 0.2) is 5.92 Å². The summed E-state index contributed by atoms with van der Waals surface area (Å²) in [5.41, 5.74) is 0.776. The minimum Gasteiger partial charge on any atom is -0.497 e. The van der Waals surface area contributed by atoms with Crippen molar-refractivity contribution < 1.29 is 19.1 Å². The number of hydrogen-bond donors (Lipinski definition) is 1. The summed E-state index contributed by atoms with van der Waals surface area (Å²) < 4.78 is 10.4. The first-order chi connectivity index (χ1) is 13.6. The second-order valence-electron chi connectivity index (χ2n) is 6.81. The fraction of sp³-hybridized carbons (Fsp3) is 0.550. The number of likely N-dealkylation sites (N-methyl/N-ethyl adjacent to an activating group) is 1. The molecule has 0 spiro atoms. The molecule has 1 aromatic carbocycles. The Morgan fingerprint density at radius 1 is 1.18 bits per heavy atom. The van der Waals surface area contributed by atoms with Crippen molar-refractivity contribution in [3.05, 3.63) is 29.8 Å². The summed E-state index contributed by atoms with van der Waals surface area (Å²) in [5, 5.41) is 2.82. The Morgan fingerprint density at radius 3 is 2.43 bits per heavy atom. The van der Waals surface area contributed by atoms with Gasteiger partial charge in [0.05, 0.1) is 13.7 Å². The molecule has 1 fully saturated rings. The minimum atomic E-state index is -1.01. The van der Waals surface area contributed by atoms with Crippen LogP contribution in [0.25, 0.3) is 0 Å². The Hall–Kier alpha value is -2.61. The van der Waals surface area contributed by atoms with Crippen LogP contribution in [0.15, 0.2) is 29.3 Å². The Bertz CT molecular complexity index is 726. The van der Waals surface area contributed by atoms with Gasteiger partial charge in [-0.15, -0.1) is 0 Å². The number of benzene rings is 1. The lowest BCUT2D eigenvalue weighted by molar-refractivity contribution is -0.153. The molecular formula is C20H28N4O4. The van der Waals surface area contributed by atoms with Crippen LogP contribution in [0.5, 0.6) is 5.75 Å². The largest absolute Gasteiger partial charge is 0.497 e. The van der Waals surface area contributed by atoms with Crippen molar-refractivity contribution in [2.75, 3.05) is 46.4 Å². The van der Waals surface area contributed by atoms with Crippen molar-refractivity contribution >= 4 is 17.8 Å². The van der Waals surface area contributed by atoms with Gasteiger partial charge >= 0.3 is 5.97 Å². The van der Waals surface area contributed by atoms with Crippen molar-refractivity contribution in [1.82, 2.24) is 15.1 Å². The SMILES string of the molecule is CCOC(=O)[C@H]1C(=O)NC(N2CCN(CC)CC2)=N[C@@H]1c1ccc(OC)cc1. The van der Waals surface area contributed by atoms with Gasteiger partial charge < -0.3 is 19.3 Å². The average molecular weight is 388 g/mol. The van der Waals surface area contributed by atoms with Crippen molar-refractivity contribution in [3.8, 4) is 5.75 Å². The molecule has 0 bridgehead atoms. The highest BCUT2D eigenvalue weighted by molar-refractivity contribution is 6.08. The summed E-state index contributed by atoms with van der Waals surface area (Å²) >= 11 is 0. The predicted octanol–water partition coefficient (Wildman–Crippen LogP) is 1.04. The zero-order chi connectivity index (χ0) is 20.1. The fourth-order valence-corrected chi connectivity index (χ4v) is 3.54. The lowest BCUT2D eigenvalue weighted by Crippen LogP contribution is -2.57. The molecule has 8 heteroatoms. The maximum absolute atomic E-state index is 12.8. The third-order valence-corrected chi connectivity index (χ3v) is 5.21. The molecule has 8 nitrogen and oxygen atoms in total. The molecule has 0 radical (unpaired) electrons. The van der Waals surface area contributed by atoms with Crippen LogP contribution in [0.3, 0.4) is 0 Å². The molecule has 28 heavy (non-hydrogen) atoms. The van der Waals surface area contributed by atoms with Gasteiger partial charge in [-0.1, -0.05) is 19.1 Å². The second kappa shape index (κ2) is 9.05. The molecule has 2 aliphatic heterocycles. The molecule has 0 unspecified atom stereocenters. The molecule has 0 saturated carbocycles. The molecule has 1 amide bonds. The fourth-order valence-electron chi connectivity index (χ4n) is 3.54. The molecule has 0 aromatic heterocycles. The van der Waals surface area contributed by atoms with Crippen LogP contribution in [0.4, 0.5) is 0 Å². The predicted molar refractivity (Wildman–Crippen MR) is 105 cm³/mol. The lowest BCUT2D eigenvalue weighted by Gasteiger charge is -2.38. The summed E-state index contributed by atoms with van der Waals surface area (Å²) in [6, 6.07) is 6.66. The van der Waals surface area contributed by atoms with E-state index >= 15 is 0 Å². The van der Waals surface area contributed by atoms with Gasteiger partial charge in [-0.25, -0.2) is 4.99 Å². The number of aliphatic imine (C=N–C) groups is 1. The first-order valence-corrected chi connectivity index (χ1v) is 9.73. The van der Waals surface area contributed by atoms with Gasteiger partial charge in [-0.05, 0) is 31.2 Å². The van der Waals surface area contributed by atoms with Crippen LogP contribution in [0.2, 0.25) is 0 Å². The van der Waals surface area contributed by atoms with Crippen LogP contribution >= 0.6 is 0 Å². The molecule has 1 saturated heterocycles. The standard InChI is InChI=1S/C20H28N4O4/c1-4-23-10-12-24(13-11-23)20-21-17(14-6-8-15(27-3)9-7-14)16(18(25)22-20)19(26)28-5-2/h6-9,16-17H,4-5,10-13H2,1-3H3,(H,21,22,25)/t16-,17-/m1/s1. The maximum atomic E-state index is 12.8. The number of hydrogen-bond acceptors (Lipinski definition) is 7. The second-order valence-corrected chi connectivity index (χ2v) is 6.81. The Morgan fingerprint density at radius 2 is 1.86 bits per heavy atom. The number of nitrogens with zero attached hydrogens (tertiary/aromatic N) is 3. The number of ether oxygens (including phenoxy) is 2. The number of carbonyl (C=O) groups is 2. The van der Waals surface area contributed by atoms with Crippen molar-refractivity contribution in [2.24, 2.45) is 10.9 Å². The molecule has 1 N–H and O–H groups in total. The van der Waals surface area contributed by atoms with E-state index in [-0.39, 0.29) is 12.5 Å². The van der Waals surface area contributed by atoms with E-state index in [1.54, 1.807) is 26.2 Å². The van der Waals surface area contributed by atoms with Gasteiger partial charge in [0.25, 0.3) is 0 Å². The highest BCUT2D eigenvalue weighted by atomic mass is 16.5. The zero-order valence-electron chi connectivity index (χ0n) is 16.7. The topological polar surface area (TPSA) is 83.5 Å². The monoisotopic (exact) mass is 388 g/mol. The Balaban J connectivity index is 1.90. The number of guanidine groups is 1. The highest BCUT2D eigenvalue weighted by Crippen LogP contribution is 2.32. The smallest absolute Gasteiger partial charge is 0.321 e. The molecular weight excluding hydrogens is 360 g/mol. The van der Waals surface area contributed by atoms with E-state index in [4.69, 9.17) is 14.5 Å². The van der Waals surface area contributed by atoms with E-state index in [0.29, 0.717) is 11.7 Å². The summed E-state index contributed by atoms with van der Waals surface area (Å²) in [4.78, 5) is 34.5. The van der Waals surface area contributed by atoms with Crippen LogP contribution in [0, 0.1) is 5.92 Å². The number of esters is 1. The summed E-state index contributed by atoms with van der Waals surface area (Å²) in [6.07, 6.45) is 0. The summed E-state index contributed by atoms with van der Waals surface area (Å²) in [7, 11) is 1.59. The van der Waals surface area contributed by atoms with Gasteiger partial charge in [-0.3, -0.25) is 14.9 Å². The molecule has 1 aromatic rings. The zero-order valence-corrected chi connectivity index (χ0v) is 16.7. The van der Waals surface area contributed by atoms with Crippen LogP contribution in [-0.2, 0) is 14.3 Å². The quantitative estimate of drug-likeness (QED) is 0.599. The summed E-state index contributed by atoms with van der Waals surface area (Å²) in [6.45, 7) is 8.49. The number of piperazine rings is 1. The van der Waals surface area contributed by atoms with E-state index in [1.807, 2.05) is 12.1 Å². The number of nitrogens with one attached hydrogen (secondary N) is 1. The van der Waals surface area contributed by atoms with Gasteiger partial charge in [-0.2, -0.15) is 0 Å². The third-order valence-electron chi connectivity index (χ3n) is 5.21. The number of carbonyl (C=O) groups excluding carboxylic acids is 2. The first-order valence-electron chi connectivity index (χ1n) is 9.73. The molecule has 2 aliphatic rings.